The van der Waals surface area contributed by atoms with Gasteiger partial charge in [-0.15, -0.1) is 11.8 Å². The predicted octanol–water partition coefficient (Wildman–Crippen LogP) is 3.50. The van der Waals surface area contributed by atoms with Crippen molar-refractivity contribution in [3.63, 3.8) is 0 Å². The molecule has 1 atom stereocenters. The average molecular weight is 282 g/mol. The van der Waals surface area contributed by atoms with Crippen LogP contribution < -0.4 is 10.1 Å². The molecule has 0 fully saturated rings. The third-order valence-electron chi connectivity index (χ3n) is 2.86. The van der Waals surface area contributed by atoms with E-state index >= 15 is 0 Å². The number of hydrogen-bond donors (Lipinski definition) is 1. The van der Waals surface area contributed by atoms with Crippen LogP contribution in [0.5, 0.6) is 5.75 Å². The number of nitrogens with one attached hydrogen (secondary N) is 1. The van der Waals surface area contributed by atoms with Crippen molar-refractivity contribution in [2.75, 3.05) is 25.7 Å². The summed E-state index contributed by atoms with van der Waals surface area (Å²) in [5.74, 6) is 1.18. The normalized spacial score (nSPS) is 12.1. The number of benzene rings is 1. The average Bonchev–Trinajstić information content (AvgIpc) is 2.39. The van der Waals surface area contributed by atoms with Crippen LogP contribution in [0.15, 0.2) is 24.3 Å². The number of amides is 2. The van der Waals surface area contributed by atoms with Crippen molar-refractivity contribution in [2.45, 2.75) is 19.2 Å². The molecule has 0 heterocycles. The smallest absolute Gasteiger partial charge is 0.322 e. The molecule has 0 radical (unpaired) electrons. The van der Waals surface area contributed by atoms with Gasteiger partial charge in [0.05, 0.1) is 12.5 Å². The van der Waals surface area contributed by atoms with Gasteiger partial charge in [0.25, 0.3) is 0 Å². The van der Waals surface area contributed by atoms with Gasteiger partial charge in [0.1, 0.15) is 5.75 Å². The van der Waals surface area contributed by atoms with Crippen molar-refractivity contribution < 1.29 is 9.53 Å². The van der Waals surface area contributed by atoms with Gasteiger partial charge in [-0.1, -0.05) is 13.8 Å². The molecule has 4 nitrogen and oxygen atoms in total. The van der Waals surface area contributed by atoms with E-state index < -0.39 is 0 Å². The van der Waals surface area contributed by atoms with Gasteiger partial charge in [0.2, 0.25) is 0 Å². The van der Waals surface area contributed by atoms with Crippen molar-refractivity contribution in [3.8, 4) is 5.75 Å². The van der Waals surface area contributed by atoms with Gasteiger partial charge >= 0.3 is 6.03 Å². The first kappa shape index (κ1) is 15.7. The number of hydrogen-bond acceptors (Lipinski definition) is 3. The Morgan fingerprint density at radius 1 is 1.32 bits per heavy atom. The number of carbonyl (C=O) groups excluding carboxylic acids is 1. The summed E-state index contributed by atoms with van der Waals surface area (Å²) < 4.78 is 5.08. The van der Waals surface area contributed by atoms with Crippen LogP contribution in [0.25, 0.3) is 0 Å². The number of thioether (sulfide) groups is 1. The number of carbonyl (C=O) groups is 1. The second kappa shape index (κ2) is 7.28. The zero-order chi connectivity index (χ0) is 14.4. The molecule has 1 aromatic rings. The summed E-state index contributed by atoms with van der Waals surface area (Å²) in [6.45, 7) is 4.22. The van der Waals surface area contributed by atoms with Crippen LogP contribution >= 0.6 is 11.8 Å². The summed E-state index contributed by atoms with van der Waals surface area (Å²) in [6, 6.07) is 7.20. The van der Waals surface area contributed by atoms with Crippen molar-refractivity contribution >= 4 is 23.5 Å². The summed E-state index contributed by atoms with van der Waals surface area (Å²) in [5.41, 5.74) is 0.765. The molecule has 0 saturated carbocycles. The Bertz CT molecular complexity index is 406. The minimum Gasteiger partial charge on any atom is -0.497 e. The standard InChI is InChI=1S/C14H22N2O2S/c1-10(2)13(19-5)16(3)14(17)15-11-6-8-12(18-4)9-7-11/h6-10,13H,1-5H3,(H,15,17). The molecule has 0 spiro atoms. The van der Waals surface area contributed by atoms with E-state index in [1.807, 2.05) is 37.6 Å². The summed E-state index contributed by atoms with van der Waals surface area (Å²) in [4.78, 5) is 13.9. The molecule has 19 heavy (non-hydrogen) atoms. The topological polar surface area (TPSA) is 41.6 Å². The second-order valence-corrected chi connectivity index (χ2v) is 5.59. The Morgan fingerprint density at radius 2 is 1.89 bits per heavy atom. The van der Waals surface area contributed by atoms with Crippen molar-refractivity contribution in [1.82, 2.24) is 4.90 Å². The fraction of sp³-hybridized carbons (Fsp3) is 0.500. The van der Waals surface area contributed by atoms with Crippen LogP contribution in [-0.4, -0.2) is 36.7 Å². The zero-order valence-electron chi connectivity index (χ0n) is 12.1. The second-order valence-electron chi connectivity index (χ2n) is 4.64. The van der Waals surface area contributed by atoms with Gasteiger partial charge < -0.3 is 15.0 Å². The van der Waals surface area contributed by atoms with E-state index in [0.717, 1.165) is 11.4 Å². The molecule has 0 aliphatic rings. The van der Waals surface area contributed by atoms with Crippen LogP contribution in [0.1, 0.15) is 13.8 Å². The lowest BCUT2D eigenvalue weighted by Gasteiger charge is -2.29. The molecule has 1 unspecified atom stereocenters. The highest BCUT2D eigenvalue weighted by Crippen LogP contribution is 2.21. The van der Waals surface area contributed by atoms with Crippen molar-refractivity contribution in [1.29, 1.82) is 0 Å². The van der Waals surface area contributed by atoms with Crippen LogP contribution in [-0.2, 0) is 0 Å². The Balaban J connectivity index is 2.67. The van der Waals surface area contributed by atoms with Gasteiger partial charge in [-0.2, -0.15) is 0 Å². The highest BCUT2D eigenvalue weighted by molar-refractivity contribution is 7.99. The van der Waals surface area contributed by atoms with E-state index in [2.05, 4.69) is 19.2 Å². The van der Waals surface area contributed by atoms with Crippen molar-refractivity contribution in [2.24, 2.45) is 5.92 Å². The molecule has 1 rings (SSSR count). The number of urea groups is 1. The highest BCUT2D eigenvalue weighted by atomic mass is 32.2. The van der Waals surface area contributed by atoms with E-state index in [4.69, 9.17) is 4.74 Å². The Kier molecular flexibility index (Phi) is 6.02. The molecular weight excluding hydrogens is 260 g/mol. The van der Waals surface area contributed by atoms with Crippen LogP contribution in [0.2, 0.25) is 0 Å². The first-order valence-electron chi connectivity index (χ1n) is 6.20. The molecule has 0 saturated heterocycles. The predicted molar refractivity (Wildman–Crippen MR) is 81.9 cm³/mol. The Hall–Kier alpha value is -1.36. The van der Waals surface area contributed by atoms with Crippen LogP contribution in [0.4, 0.5) is 10.5 Å². The molecule has 2 amide bonds. The van der Waals surface area contributed by atoms with Crippen LogP contribution in [0.3, 0.4) is 0 Å². The van der Waals surface area contributed by atoms with E-state index in [1.165, 1.54) is 0 Å². The lowest BCUT2D eigenvalue weighted by atomic mass is 10.2. The maximum atomic E-state index is 12.1. The summed E-state index contributed by atoms with van der Waals surface area (Å²) >= 11 is 1.68. The molecule has 106 valence electrons. The number of rotatable bonds is 5. The van der Waals surface area contributed by atoms with E-state index in [-0.39, 0.29) is 11.4 Å². The van der Waals surface area contributed by atoms with Gasteiger partial charge in [-0.3, -0.25) is 0 Å². The SMILES string of the molecule is COc1ccc(NC(=O)N(C)C(SC)C(C)C)cc1. The summed E-state index contributed by atoms with van der Waals surface area (Å²) in [7, 11) is 3.44. The van der Waals surface area contributed by atoms with E-state index in [9.17, 15) is 4.79 Å². The minimum atomic E-state index is -0.0989. The molecule has 0 bridgehead atoms. The largest absolute Gasteiger partial charge is 0.497 e. The monoisotopic (exact) mass is 282 g/mol. The summed E-state index contributed by atoms with van der Waals surface area (Å²) in [5, 5.41) is 3.05. The number of ether oxygens (including phenoxy) is 1. The molecule has 1 N–H and O–H groups in total. The fourth-order valence-electron chi connectivity index (χ4n) is 1.88. The lowest BCUT2D eigenvalue weighted by Crippen LogP contribution is -2.40. The van der Waals surface area contributed by atoms with Gasteiger partial charge in [-0.05, 0) is 36.4 Å². The molecular formula is C14H22N2O2S. The maximum absolute atomic E-state index is 12.1. The van der Waals surface area contributed by atoms with Crippen LogP contribution in [0, 0.1) is 5.92 Å². The maximum Gasteiger partial charge on any atom is 0.322 e. The van der Waals surface area contributed by atoms with Gasteiger partial charge in [-0.25, -0.2) is 4.79 Å². The highest BCUT2D eigenvalue weighted by Gasteiger charge is 2.21. The molecule has 0 aliphatic carbocycles. The van der Waals surface area contributed by atoms with E-state index in [1.54, 1.807) is 23.8 Å². The van der Waals surface area contributed by atoms with Gasteiger partial charge in [0.15, 0.2) is 0 Å². The first-order valence-corrected chi connectivity index (χ1v) is 7.49. The molecule has 0 aliphatic heterocycles. The minimum absolute atomic E-state index is 0.0989. The number of nitrogens with zero attached hydrogens (tertiary/aromatic N) is 1. The third kappa shape index (κ3) is 4.35. The first-order chi connectivity index (χ1) is 8.99. The third-order valence-corrected chi connectivity index (χ3v) is 4.20. The molecule has 5 heteroatoms. The summed E-state index contributed by atoms with van der Waals surface area (Å²) in [6.07, 6.45) is 2.02. The Morgan fingerprint density at radius 3 is 2.32 bits per heavy atom. The number of methoxy groups -OCH3 is 1. The fourth-order valence-corrected chi connectivity index (χ4v) is 2.84. The molecule has 0 aromatic heterocycles. The lowest BCUT2D eigenvalue weighted by molar-refractivity contribution is 0.211. The van der Waals surface area contributed by atoms with Crippen molar-refractivity contribution in [3.05, 3.63) is 24.3 Å². The quantitative estimate of drug-likeness (QED) is 0.840. The Labute approximate surface area is 119 Å². The van der Waals surface area contributed by atoms with E-state index in [0.29, 0.717) is 5.92 Å². The zero-order valence-corrected chi connectivity index (χ0v) is 13.0. The van der Waals surface area contributed by atoms with Gasteiger partial charge in [0, 0.05) is 12.7 Å². The molecule has 1 aromatic carbocycles. The number of anilines is 1.